The van der Waals surface area contributed by atoms with Crippen molar-refractivity contribution in [2.45, 2.75) is 50.5 Å². The number of amides is 3. The molecular formula is C24H28N4O5. The van der Waals surface area contributed by atoms with E-state index in [2.05, 4.69) is 15.7 Å². The topological polar surface area (TPSA) is 119 Å². The van der Waals surface area contributed by atoms with Gasteiger partial charge in [0.2, 0.25) is 0 Å². The summed E-state index contributed by atoms with van der Waals surface area (Å²) < 4.78 is 6.24. The minimum atomic E-state index is -0.677. The lowest BCUT2D eigenvalue weighted by Crippen LogP contribution is -2.62. The maximum absolute atomic E-state index is 12.5. The Bertz CT molecular complexity index is 1150. The number of nitrogens with zero attached hydrogens (tertiary/aromatic N) is 2. The minimum absolute atomic E-state index is 0.193. The molecule has 1 aromatic carbocycles. The normalized spacial score (nSPS) is 27.4. The van der Waals surface area contributed by atoms with E-state index >= 15 is 0 Å². The first-order chi connectivity index (χ1) is 15.8. The van der Waals surface area contributed by atoms with E-state index in [4.69, 9.17) is 4.74 Å². The second-order valence-corrected chi connectivity index (χ2v) is 9.96. The van der Waals surface area contributed by atoms with Gasteiger partial charge in [0.15, 0.2) is 6.61 Å². The summed E-state index contributed by atoms with van der Waals surface area (Å²) in [4.78, 5) is 49.2. The van der Waals surface area contributed by atoms with Gasteiger partial charge < -0.3 is 10.1 Å². The second kappa shape index (κ2) is 8.28. The van der Waals surface area contributed by atoms with E-state index in [-0.39, 0.29) is 17.5 Å². The third-order valence-electron chi connectivity index (χ3n) is 7.38. The number of fused-ring (bicyclic) bond motifs is 1. The van der Waals surface area contributed by atoms with Gasteiger partial charge >= 0.3 is 12.0 Å². The standard InChI is InChI=1S/C24H28N4O5/c1-28-22(31)18-5-3-2-4-17(18)19(27-28)9-21(30)33-13-20(29)25-23(32)26-24-10-14-6-15(11-24)8-16(7-14)12-24/h2-5,14-16H,6-13H2,1H3,(H2,25,26,29,32). The number of esters is 1. The first kappa shape index (κ1) is 21.6. The van der Waals surface area contributed by atoms with Crippen LogP contribution in [0.15, 0.2) is 29.1 Å². The summed E-state index contributed by atoms with van der Waals surface area (Å²) in [6.07, 6.45) is 6.54. The van der Waals surface area contributed by atoms with Crippen LogP contribution in [0.1, 0.15) is 44.2 Å². The summed E-state index contributed by atoms with van der Waals surface area (Å²) in [7, 11) is 1.51. The maximum atomic E-state index is 12.5. The summed E-state index contributed by atoms with van der Waals surface area (Å²) in [5, 5.41) is 10.5. The number of hydrogen-bond acceptors (Lipinski definition) is 6. The first-order valence-electron chi connectivity index (χ1n) is 11.5. The predicted octanol–water partition coefficient (Wildman–Crippen LogP) is 1.81. The number of carbonyl (C=O) groups excluding carboxylic acids is 3. The van der Waals surface area contributed by atoms with Crippen LogP contribution >= 0.6 is 0 Å². The molecule has 2 N–H and O–H groups in total. The molecule has 0 aliphatic heterocycles. The molecule has 1 aromatic heterocycles. The van der Waals surface area contributed by atoms with Crippen molar-refractivity contribution in [2.75, 3.05) is 6.61 Å². The van der Waals surface area contributed by atoms with Crippen LogP contribution in [0, 0.1) is 17.8 Å². The number of ether oxygens (including phenoxy) is 1. The third kappa shape index (κ3) is 4.36. The van der Waals surface area contributed by atoms with E-state index in [9.17, 15) is 19.2 Å². The molecule has 1 heterocycles. The lowest BCUT2D eigenvalue weighted by Gasteiger charge is -2.56. The van der Waals surface area contributed by atoms with Gasteiger partial charge in [0.1, 0.15) is 0 Å². The highest BCUT2D eigenvalue weighted by Gasteiger charge is 2.51. The van der Waals surface area contributed by atoms with Gasteiger partial charge in [0, 0.05) is 18.0 Å². The van der Waals surface area contributed by atoms with Crippen molar-refractivity contribution in [2.24, 2.45) is 24.8 Å². The molecule has 3 amide bonds. The van der Waals surface area contributed by atoms with Gasteiger partial charge in [-0.1, -0.05) is 18.2 Å². The largest absolute Gasteiger partial charge is 0.455 e. The van der Waals surface area contributed by atoms with Crippen LogP contribution in [-0.2, 0) is 27.8 Å². The molecule has 0 spiro atoms. The van der Waals surface area contributed by atoms with Crippen molar-refractivity contribution in [3.05, 3.63) is 40.3 Å². The number of aryl methyl sites for hydroxylation is 1. The Morgan fingerprint density at radius 3 is 2.30 bits per heavy atom. The van der Waals surface area contributed by atoms with E-state index in [1.807, 2.05) is 0 Å². The zero-order chi connectivity index (χ0) is 23.2. The molecule has 4 aliphatic rings. The number of carbonyl (C=O) groups is 3. The van der Waals surface area contributed by atoms with Crippen molar-refractivity contribution < 1.29 is 19.1 Å². The smallest absolute Gasteiger partial charge is 0.321 e. The Kier molecular flexibility index (Phi) is 5.42. The van der Waals surface area contributed by atoms with E-state index in [1.165, 1.54) is 31.0 Å². The zero-order valence-electron chi connectivity index (χ0n) is 18.6. The summed E-state index contributed by atoms with van der Waals surface area (Å²) in [5.74, 6) is 0.688. The Morgan fingerprint density at radius 2 is 1.67 bits per heavy atom. The third-order valence-corrected chi connectivity index (χ3v) is 7.38. The second-order valence-electron chi connectivity index (χ2n) is 9.96. The Labute approximate surface area is 190 Å². The van der Waals surface area contributed by atoms with Crippen molar-refractivity contribution in [3.8, 4) is 0 Å². The van der Waals surface area contributed by atoms with Crippen LogP contribution in [0.3, 0.4) is 0 Å². The number of hydrogen-bond donors (Lipinski definition) is 2. The SMILES string of the molecule is Cn1nc(CC(=O)OCC(=O)NC(=O)NC23CC4CC(CC(C4)C2)C3)c2ccccc2c1=O. The molecule has 33 heavy (non-hydrogen) atoms. The van der Waals surface area contributed by atoms with Crippen molar-refractivity contribution in [1.82, 2.24) is 20.4 Å². The lowest BCUT2D eigenvalue weighted by molar-refractivity contribution is -0.147. The summed E-state index contributed by atoms with van der Waals surface area (Å²) >= 11 is 0. The molecule has 6 rings (SSSR count). The van der Waals surface area contributed by atoms with Gasteiger partial charge in [-0.15, -0.1) is 0 Å². The van der Waals surface area contributed by atoms with E-state index in [0.717, 1.165) is 19.3 Å². The monoisotopic (exact) mass is 452 g/mol. The van der Waals surface area contributed by atoms with Gasteiger partial charge in [-0.3, -0.25) is 19.7 Å². The average Bonchev–Trinajstić information content (AvgIpc) is 2.74. The lowest BCUT2D eigenvalue weighted by atomic mass is 9.53. The van der Waals surface area contributed by atoms with Crippen LogP contribution < -0.4 is 16.2 Å². The van der Waals surface area contributed by atoms with Crippen molar-refractivity contribution in [1.29, 1.82) is 0 Å². The fraction of sp³-hybridized carbons (Fsp3) is 0.542. The fourth-order valence-corrected chi connectivity index (χ4v) is 6.54. The molecule has 0 radical (unpaired) electrons. The molecule has 4 saturated carbocycles. The van der Waals surface area contributed by atoms with Crippen LogP contribution in [0.2, 0.25) is 0 Å². The van der Waals surface area contributed by atoms with Gasteiger partial charge in [-0.25, -0.2) is 9.48 Å². The molecule has 4 aliphatic carbocycles. The minimum Gasteiger partial charge on any atom is -0.455 e. The highest BCUT2D eigenvalue weighted by atomic mass is 16.5. The fourth-order valence-electron chi connectivity index (χ4n) is 6.54. The molecular weight excluding hydrogens is 424 g/mol. The first-order valence-corrected chi connectivity index (χ1v) is 11.5. The van der Waals surface area contributed by atoms with Crippen LogP contribution in [-0.4, -0.2) is 39.8 Å². The Balaban J connectivity index is 1.14. The summed E-state index contributed by atoms with van der Waals surface area (Å²) in [5.41, 5.74) is -0.0732. The number of rotatable bonds is 5. The molecule has 4 bridgehead atoms. The van der Waals surface area contributed by atoms with Gasteiger partial charge in [0.05, 0.1) is 17.5 Å². The van der Waals surface area contributed by atoms with Gasteiger partial charge in [-0.2, -0.15) is 5.10 Å². The quantitative estimate of drug-likeness (QED) is 0.668. The van der Waals surface area contributed by atoms with Crippen molar-refractivity contribution >= 4 is 28.7 Å². The maximum Gasteiger partial charge on any atom is 0.321 e. The predicted molar refractivity (Wildman–Crippen MR) is 119 cm³/mol. The van der Waals surface area contributed by atoms with Crippen LogP contribution in [0.4, 0.5) is 4.79 Å². The van der Waals surface area contributed by atoms with E-state index in [0.29, 0.717) is 34.2 Å². The van der Waals surface area contributed by atoms with Gasteiger partial charge in [0.25, 0.3) is 11.5 Å². The molecule has 9 nitrogen and oxygen atoms in total. The average molecular weight is 453 g/mol. The zero-order valence-corrected chi connectivity index (χ0v) is 18.6. The molecule has 4 fully saturated rings. The number of imide groups is 1. The highest BCUT2D eigenvalue weighted by molar-refractivity contribution is 5.96. The number of benzene rings is 1. The number of aromatic nitrogens is 2. The molecule has 0 unspecified atom stereocenters. The van der Waals surface area contributed by atoms with E-state index < -0.39 is 24.5 Å². The molecule has 0 atom stereocenters. The Morgan fingerprint density at radius 1 is 1.06 bits per heavy atom. The molecule has 2 aromatic rings. The summed E-state index contributed by atoms with van der Waals surface area (Å²) in [6, 6.07) is 6.36. The molecule has 0 saturated heterocycles. The van der Waals surface area contributed by atoms with Crippen LogP contribution in [0.5, 0.6) is 0 Å². The summed E-state index contributed by atoms with van der Waals surface area (Å²) in [6.45, 7) is -0.559. The number of nitrogens with one attached hydrogen (secondary N) is 2. The van der Waals surface area contributed by atoms with Crippen molar-refractivity contribution in [3.63, 3.8) is 0 Å². The molecule has 9 heteroatoms. The molecule has 174 valence electrons. The van der Waals surface area contributed by atoms with E-state index in [1.54, 1.807) is 24.3 Å². The Hall–Kier alpha value is -3.23. The van der Waals surface area contributed by atoms with Crippen LogP contribution in [0.25, 0.3) is 10.8 Å². The van der Waals surface area contributed by atoms with Gasteiger partial charge in [-0.05, 0) is 62.3 Å². The highest BCUT2D eigenvalue weighted by Crippen LogP contribution is 2.55. The number of urea groups is 1.